The number of esters is 1. The van der Waals surface area contributed by atoms with Crippen LogP contribution in [0.1, 0.15) is 19.3 Å². The molecule has 2 atom stereocenters. The molecule has 1 aliphatic carbocycles. The summed E-state index contributed by atoms with van der Waals surface area (Å²) < 4.78 is 30.2. The number of ether oxygens (including phenoxy) is 1. The largest absolute Gasteiger partial charge is 0.468 e. The number of carbonyl (C=O) groups excluding carboxylic acids is 1. The van der Waals surface area contributed by atoms with Gasteiger partial charge in [0.25, 0.3) is 0 Å². The molecule has 1 aromatic carbocycles. The second-order valence-electron chi connectivity index (χ2n) is 4.89. The Hall–Kier alpha value is -1.89. The molecular weight excluding hydrogens is 294 g/mol. The zero-order valence-corrected chi connectivity index (χ0v) is 12.4. The van der Waals surface area contributed by atoms with Crippen LogP contribution in [0, 0.1) is 5.92 Å². The fourth-order valence-electron chi connectivity index (χ4n) is 2.69. The van der Waals surface area contributed by atoms with E-state index < -0.39 is 27.0 Å². The molecule has 6 nitrogen and oxygen atoms in total. The Morgan fingerprint density at radius 3 is 2.62 bits per heavy atom. The maximum Gasteiger partial charge on any atom is 0.325 e. The minimum Gasteiger partial charge on any atom is -0.468 e. The van der Waals surface area contributed by atoms with E-state index in [0.717, 1.165) is 7.11 Å². The normalized spacial score (nSPS) is 22.1. The molecule has 21 heavy (non-hydrogen) atoms. The quantitative estimate of drug-likeness (QED) is 0.518. The molecule has 7 heteroatoms. The Bertz CT molecular complexity index is 639. The van der Waals surface area contributed by atoms with Crippen LogP contribution in [0.3, 0.4) is 0 Å². The molecule has 1 saturated carbocycles. The van der Waals surface area contributed by atoms with Gasteiger partial charge in [0.1, 0.15) is 0 Å². The van der Waals surface area contributed by atoms with Crippen molar-refractivity contribution < 1.29 is 23.2 Å². The first-order chi connectivity index (χ1) is 10.0. The average Bonchev–Trinajstić information content (AvgIpc) is 2.96. The number of benzene rings is 1. The number of sulfone groups is 1. The van der Waals surface area contributed by atoms with Gasteiger partial charge in [-0.05, 0) is 31.4 Å². The highest BCUT2D eigenvalue weighted by Gasteiger charge is 2.45. The molecule has 1 N–H and O–H groups in total. The second kappa shape index (κ2) is 6.26. The molecule has 0 aliphatic heterocycles. The number of hydrogen-bond donors (Lipinski definition) is 1. The molecule has 0 aromatic heterocycles. The predicted octanol–water partition coefficient (Wildman–Crippen LogP) is 1.63. The molecule has 114 valence electrons. The van der Waals surface area contributed by atoms with Crippen molar-refractivity contribution in [3.8, 4) is 0 Å². The summed E-state index contributed by atoms with van der Waals surface area (Å²) in [7, 11) is -2.75. The zero-order valence-electron chi connectivity index (χ0n) is 11.6. The Balaban J connectivity index is 2.49. The fraction of sp³-hybridized carbons (Fsp3) is 0.429. The summed E-state index contributed by atoms with van der Waals surface area (Å²) in [4.78, 5) is 12.1. The van der Waals surface area contributed by atoms with Crippen LogP contribution in [-0.2, 0) is 19.4 Å². The van der Waals surface area contributed by atoms with Crippen molar-refractivity contribution in [3.05, 3.63) is 30.3 Å². The number of rotatable bonds is 4. The highest BCUT2D eigenvalue weighted by Crippen LogP contribution is 2.32. The molecule has 0 spiro atoms. The fourth-order valence-corrected chi connectivity index (χ4v) is 4.59. The van der Waals surface area contributed by atoms with E-state index in [1.54, 1.807) is 18.2 Å². The molecule has 1 aromatic rings. The SMILES string of the molecule is COC(=O)C(C1CCC/C1=N\O)S(=O)(=O)c1ccccc1. The third-order valence-corrected chi connectivity index (χ3v) is 5.83. The molecule has 2 rings (SSSR count). The third-order valence-electron chi connectivity index (χ3n) is 3.71. The van der Waals surface area contributed by atoms with Gasteiger partial charge in [-0.2, -0.15) is 0 Å². The molecule has 0 amide bonds. The Kier molecular flexibility index (Phi) is 4.62. The molecule has 0 heterocycles. The van der Waals surface area contributed by atoms with Gasteiger partial charge in [0.2, 0.25) is 0 Å². The maximum absolute atomic E-state index is 12.7. The minimum atomic E-state index is -3.91. The van der Waals surface area contributed by atoms with Crippen LogP contribution in [0.25, 0.3) is 0 Å². The van der Waals surface area contributed by atoms with Crippen LogP contribution in [-0.4, -0.2) is 37.7 Å². The maximum atomic E-state index is 12.7. The lowest BCUT2D eigenvalue weighted by atomic mass is 10.0. The summed E-state index contributed by atoms with van der Waals surface area (Å²) >= 11 is 0. The van der Waals surface area contributed by atoms with Crippen molar-refractivity contribution in [2.75, 3.05) is 7.11 Å². The summed E-state index contributed by atoms with van der Waals surface area (Å²) in [5.41, 5.74) is 0.338. The monoisotopic (exact) mass is 311 g/mol. The molecule has 0 bridgehead atoms. The predicted molar refractivity (Wildman–Crippen MR) is 76.0 cm³/mol. The number of hydrogen-bond acceptors (Lipinski definition) is 6. The van der Waals surface area contributed by atoms with Crippen LogP contribution in [0.2, 0.25) is 0 Å². The topological polar surface area (TPSA) is 93.0 Å². The second-order valence-corrected chi connectivity index (χ2v) is 6.96. The van der Waals surface area contributed by atoms with Crippen molar-refractivity contribution in [1.29, 1.82) is 0 Å². The van der Waals surface area contributed by atoms with E-state index in [9.17, 15) is 13.2 Å². The van der Waals surface area contributed by atoms with Crippen LogP contribution < -0.4 is 0 Å². The number of carbonyl (C=O) groups is 1. The van der Waals surface area contributed by atoms with Crippen molar-refractivity contribution in [2.24, 2.45) is 11.1 Å². The van der Waals surface area contributed by atoms with Gasteiger partial charge in [-0.25, -0.2) is 8.42 Å². The van der Waals surface area contributed by atoms with Gasteiger partial charge < -0.3 is 9.94 Å². The van der Waals surface area contributed by atoms with Gasteiger partial charge in [-0.1, -0.05) is 23.4 Å². The lowest BCUT2D eigenvalue weighted by Gasteiger charge is -2.21. The van der Waals surface area contributed by atoms with E-state index in [-0.39, 0.29) is 4.90 Å². The van der Waals surface area contributed by atoms with Gasteiger partial charge >= 0.3 is 5.97 Å². The number of nitrogens with zero attached hydrogens (tertiary/aromatic N) is 1. The van der Waals surface area contributed by atoms with Crippen LogP contribution in [0.4, 0.5) is 0 Å². The van der Waals surface area contributed by atoms with Gasteiger partial charge in [0.05, 0.1) is 17.7 Å². The van der Waals surface area contributed by atoms with E-state index in [1.165, 1.54) is 12.1 Å². The highest BCUT2D eigenvalue weighted by atomic mass is 32.2. The van der Waals surface area contributed by atoms with E-state index in [2.05, 4.69) is 9.89 Å². The highest BCUT2D eigenvalue weighted by molar-refractivity contribution is 7.92. The average molecular weight is 311 g/mol. The molecule has 2 unspecified atom stereocenters. The molecule has 1 fully saturated rings. The lowest BCUT2D eigenvalue weighted by molar-refractivity contribution is -0.140. The summed E-state index contributed by atoms with van der Waals surface area (Å²) in [5, 5.41) is 10.8. The van der Waals surface area contributed by atoms with Crippen molar-refractivity contribution in [3.63, 3.8) is 0 Å². The summed E-state index contributed by atoms with van der Waals surface area (Å²) in [6.45, 7) is 0. The number of oxime groups is 1. The van der Waals surface area contributed by atoms with Crippen molar-refractivity contribution in [1.82, 2.24) is 0 Å². The first kappa shape index (κ1) is 15.5. The summed E-state index contributed by atoms with van der Waals surface area (Å²) in [6, 6.07) is 7.77. The first-order valence-electron chi connectivity index (χ1n) is 6.60. The van der Waals surface area contributed by atoms with Crippen molar-refractivity contribution >= 4 is 21.5 Å². The smallest absolute Gasteiger partial charge is 0.325 e. The Labute approximate surface area is 123 Å². The summed E-state index contributed by atoms with van der Waals surface area (Å²) in [5.74, 6) is -1.47. The minimum absolute atomic E-state index is 0.0598. The lowest BCUT2D eigenvalue weighted by Crippen LogP contribution is -2.40. The van der Waals surface area contributed by atoms with Crippen molar-refractivity contribution in [2.45, 2.75) is 29.4 Å². The van der Waals surface area contributed by atoms with E-state index in [1.807, 2.05) is 0 Å². The third kappa shape index (κ3) is 2.92. The van der Waals surface area contributed by atoms with Crippen LogP contribution in [0.5, 0.6) is 0 Å². The Morgan fingerprint density at radius 1 is 1.38 bits per heavy atom. The zero-order chi connectivity index (χ0) is 15.5. The van der Waals surface area contributed by atoms with Crippen LogP contribution >= 0.6 is 0 Å². The molecule has 0 radical (unpaired) electrons. The van der Waals surface area contributed by atoms with E-state index in [0.29, 0.717) is 25.0 Å². The molecule has 1 aliphatic rings. The Morgan fingerprint density at radius 2 is 2.05 bits per heavy atom. The number of methoxy groups -OCH3 is 1. The van der Waals surface area contributed by atoms with E-state index in [4.69, 9.17) is 5.21 Å². The first-order valence-corrected chi connectivity index (χ1v) is 8.14. The van der Waals surface area contributed by atoms with Gasteiger partial charge in [0.15, 0.2) is 15.1 Å². The standard InChI is InChI=1S/C14H17NO5S/c1-20-14(16)13(11-8-5-9-12(11)15-17)21(18,19)10-6-3-2-4-7-10/h2-4,6-7,11,13,17H,5,8-9H2,1H3/b15-12+. The molecule has 0 saturated heterocycles. The van der Waals surface area contributed by atoms with E-state index >= 15 is 0 Å². The van der Waals surface area contributed by atoms with Gasteiger partial charge in [-0.3, -0.25) is 4.79 Å². The van der Waals surface area contributed by atoms with Gasteiger partial charge in [0, 0.05) is 5.92 Å². The van der Waals surface area contributed by atoms with Crippen LogP contribution in [0.15, 0.2) is 40.4 Å². The molecular formula is C14H17NO5S. The summed E-state index contributed by atoms with van der Waals surface area (Å²) in [6.07, 6.45) is 1.64. The van der Waals surface area contributed by atoms with Gasteiger partial charge in [-0.15, -0.1) is 0 Å².